The van der Waals surface area contributed by atoms with Gasteiger partial charge in [-0.15, -0.1) is 0 Å². The fourth-order valence-corrected chi connectivity index (χ4v) is 2.97. The van der Waals surface area contributed by atoms with Gasteiger partial charge in [-0.05, 0) is 42.0 Å². The summed E-state index contributed by atoms with van der Waals surface area (Å²) < 4.78 is 60.4. The van der Waals surface area contributed by atoms with E-state index in [0.29, 0.717) is 28.4 Å². The average molecular weight is 492 g/mol. The number of rotatable bonds is 11. The molecule has 0 amide bonds. The Morgan fingerprint density at radius 2 is 1.66 bits per heavy atom. The Hall–Kier alpha value is -4.35. The van der Waals surface area contributed by atoms with E-state index in [1.54, 1.807) is 12.1 Å². The lowest BCUT2D eigenvalue weighted by Crippen LogP contribution is -2.03. The molecule has 0 aliphatic carbocycles. The highest BCUT2D eigenvalue weighted by atomic mass is 19.3. The second kappa shape index (κ2) is 11.7. The number of methoxy groups -OCH3 is 4. The van der Waals surface area contributed by atoms with E-state index in [4.69, 9.17) is 28.2 Å². The molecule has 35 heavy (non-hydrogen) atoms. The third-order valence-corrected chi connectivity index (χ3v) is 4.54. The topological polar surface area (TPSA) is 111 Å². The van der Waals surface area contributed by atoms with E-state index < -0.39 is 12.6 Å². The van der Waals surface area contributed by atoms with Crippen molar-refractivity contribution in [3.8, 4) is 40.1 Å². The second-order valence-electron chi connectivity index (χ2n) is 6.66. The molecule has 2 aromatic carbocycles. The molecule has 0 aliphatic heterocycles. The summed E-state index contributed by atoms with van der Waals surface area (Å²) in [6.07, 6.45) is 2.73. The fourth-order valence-electron chi connectivity index (χ4n) is 2.97. The molecule has 0 bridgehead atoms. The van der Waals surface area contributed by atoms with Gasteiger partial charge >= 0.3 is 12.6 Å². The summed E-state index contributed by atoms with van der Waals surface area (Å²) in [6.45, 7) is -3.28. The number of nitrogens with zero attached hydrogens (tertiary/aromatic N) is 2. The van der Waals surface area contributed by atoms with Crippen molar-refractivity contribution in [1.82, 2.24) is 10.1 Å². The lowest BCUT2D eigenvalue weighted by Gasteiger charge is -2.12. The average Bonchev–Trinajstić information content (AvgIpc) is 3.34. The number of alkyl halides is 2. The Kier molecular flexibility index (Phi) is 8.43. The van der Waals surface area contributed by atoms with Gasteiger partial charge in [0.15, 0.2) is 29.6 Å². The van der Waals surface area contributed by atoms with Gasteiger partial charge in [-0.25, -0.2) is 4.79 Å². The van der Waals surface area contributed by atoms with E-state index in [1.807, 2.05) is 0 Å². The number of aromatic nitrogens is 2. The number of ether oxygens (including phenoxy) is 6. The van der Waals surface area contributed by atoms with Gasteiger partial charge in [0.05, 0.1) is 28.4 Å². The van der Waals surface area contributed by atoms with Crippen LogP contribution in [0.4, 0.5) is 8.78 Å². The zero-order valence-corrected chi connectivity index (χ0v) is 19.2. The molecular formula is C23H22F2N2O8. The van der Waals surface area contributed by atoms with Gasteiger partial charge in [0.25, 0.3) is 5.89 Å². The predicted molar refractivity (Wildman–Crippen MR) is 118 cm³/mol. The maximum absolute atomic E-state index is 12.5. The second-order valence-corrected chi connectivity index (χ2v) is 6.66. The maximum Gasteiger partial charge on any atom is 0.387 e. The Balaban J connectivity index is 1.64. The van der Waals surface area contributed by atoms with E-state index in [1.165, 1.54) is 58.8 Å². The molecule has 0 unspecified atom stereocenters. The molecule has 0 N–H and O–H groups in total. The van der Waals surface area contributed by atoms with Gasteiger partial charge in [-0.2, -0.15) is 13.8 Å². The van der Waals surface area contributed by atoms with Crippen molar-refractivity contribution >= 4 is 12.0 Å². The van der Waals surface area contributed by atoms with Crippen molar-refractivity contribution < 1.29 is 46.5 Å². The highest BCUT2D eigenvalue weighted by Gasteiger charge is 2.16. The summed E-state index contributed by atoms with van der Waals surface area (Å²) in [5, 5.41) is 3.80. The number of benzene rings is 2. The molecule has 10 nitrogen and oxygen atoms in total. The van der Waals surface area contributed by atoms with Crippen LogP contribution in [0.25, 0.3) is 17.5 Å². The highest BCUT2D eigenvalue weighted by Crippen LogP contribution is 2.38. The van der Waals surface area contributed by atoms with Crippen LogP contribution in [0.3, 0.4) is 0 Å². The van der Waals surface area contributed by atoms with Crippen molar-refractivity contribution in [2.45, 2.75) is 13.2 Å². The summed E-state index contributed by atoms with van der Waals surface area (Å²) in [5.41, 5.74) is 1.04. The van der Waals surface area contributed by atoms with Crippen molar-refractivity contribution in [1.29, 1.82) is 0 Å². The van der Waals surface area contributed by atoms with Crippen molar-refractivity contribution in [2.75, 3.05) is 28.4 Å². The Labute approximate surface area is 198 Å². The number of hydrogen-bond donors (Lipinski definition) is 0. The molecular weight excluding hydrogens is 470 g/mol. The maximum atomic E-state index is 12.5. The van der Waals surface area contributed by atoms with Crippen LogP contribution in [0.15, 0.2) is 40.9 Å². The van der Waals surface area contributed by atoms with E-state index in [0.717, 1.165) is 0 Å². The third-order valence-electron chi connectivity index (χ3n) is 4.54. The molecule has 3 aromatic rings. The van der Waals surface area contributed by atoms with Gasteiger partial charge in [-0.1, -0.05) is 5.16 Å². The normalized spacial score (nSPS) is 10.9. The Morgan fingerprint density at radius 1 is 0.971 bits per heavy atom. The molecule has 3 rings (SSSR count). The smallest absolute Gasteiger partial charge is 0.387 e. The molecule has 0 aliphatic rings. The summed E-state index contributed by atoms with van der Waals surface area (Å²) in [6, 6.07) is 7.51. The fraction of sp³-hybridized carbons (Fsp3) is 0.261. The van der Waals surface area contributed by atoms with Gasteiger partial charge in [0.2, 0.25) is 11.6 Å². The van der Waals surface area contributed by atoms with Gasteiger partial charge in [-0.3, -0.25) is 0 Å². The number of hydrogen-bond acceptors (Lipinski definition) is 10. The molecule has 0 fully saturated rings. The van der Waals surface area contributed by atoms with E-state index in [-0.39, 0.29) is 29.8 Å². The highest BCUT2D eigenvalue weighted by molar-refractivity contribution is 5.87. The molecule has 12 heteroatoms. The first-order chi connectivity index (χ1) is 16.9. The first-order valence-electron chi connectivity index (χ1n) is 9.99. The van der Waals surface area contributed by atoms with E-state index in [9.17, 15) is 13.6 Å². The Bertz CT molecular complexity index is 1170. The van der Waals surface area contributed by atoms with Crippen molar-refractivity contribution in [2.24, 2.45) is 0 Å². The first-order valence-corrected chi connectivity index (χ1v) is 9.99. The van der Waals surface area contributed by atoms with Crippen LogP contribution in [0.1, 0.15) is 11.5 Å². The number of esters is 1. The van der Waals surface area contributed by atoms with Crippen LogP contribution in [-0.2, 0) is 16.1 Å². The molecule has 1 heterocycles. The zero-order valence-electron chi connectivity index (χ0n) is 19.2. The molecule has 0 atom stereocenters. The molecule has 0 radical (unpaired) electrons. The third kappa shape index (κ3) is 6.37. The zero-order chi connectivity index (χ0) is 25.4. The molecule has 0 saturated carbocycles. The van der Waals surface area contributed by atoms with Crippen LogP contribution in [-0.4, -0.2) is 51.2 Å². The summed E-state index contributed by atoms with van der Waals surface area (Å²) in [4.78, 5) is 16.3. The van der Waals surface area contributed by atoms with Gasteiger partial charge < -0.3 is 32.9 Å². The number of carbonyl (C=O) groups excluding carboxylic acids is 1. The van der Waals surface area contributed by atoms with E-state index in [2.05, 4.69) is 14.9 Å². The predicted octanol–water partition coefficient (Wildman–Crippen LogP) is 4.13. The van der Waals surface area contributed by atoms with Crippen molar-refractivity contribution in [3.63, 3.8) is 0 Å². The number of halogens is 2. The minimum absolute atomic E-state index is 0.0291. The summed E-state index contributed by atoms with van der Waals surface area (Å²) in [7, 11) is 5.77. The van der Waals surface area contributed by atoms with Gasteiger partial charge in [0.1, 0.15) is 0 Å². The van der Waals surface area contributed by atoms with Crippen LogP contribution in [0, 0.1) is 0 Å². The first kappa shape index (κ1) is 25.3. The monoisotopic (exact) mass is 492 g/mol. The standard InChI is InChI=1S/C23H22F2N2O8/c1-29-16-11-14(6-7-15(16)34-23(24)25)22-26-19(35-27-22)12-33-20(28)8-5-13-9-17(30-2)21(32-4)18(10-13)31-3/h5-11,23H,12H2,1-4H3/b8-5+. The SMILES string of the molecule is COc1cc(-c2noc(COC(=O)/C=C/c3cc(OC)c(OC)c(OC)c3)n2)ccc1OC(F)F. The number of carbonyl (C=O) groups is 1. The van der Waals surface area contributed by atoms with E-state index >= 15 is 0 Å². The minimum atomic E-state index is -3.00. The van der Waals surface area contributed by atoms with Crippen LogP contribution in [0.5, 0.6) is 28.7 Å². The molecule has 1 aromatic heterocycles. The molecule has 0 spiro atoms. The van der Waals surface area contributed by atoms with Crippen LogP contribution >= 0.6 is 0 Å². The lowest BCUT2D eigenvalue weighted by molar-refractivity contribution is -0.139. The van der Waals surface area contributed by atoms with Crippen LogP contribution in [0.2, 0.25) is 0 Å². The minimum Gasteiger partial charge on any atom is -0.493 e. The largest absolute Gasteiger partial charge is 0.493 e. The summed E-state index contributed by atoms with van der Waals surface area (Å²) in [5.74, 6) is 0.740. The van der Waals surface area contributed by atoms with Gasteiger partial charge in [0, 0.05) is 11.6 Å². The summed E-state index contributed by atoms with van der Waals surface area (Å²) >= 11 is 0. The molecule has 0 saturated heterocycles. The Morgan fingerprint density at radius 3 is 2.26 bits per heavy atom. The van der Waals surface area contributed by atoms with Crippen LogP contribution < -0.4 is 23.7 Å². The quantitative estimate of drug-likeness (QED) is 0.286. The molecule has 186 valence electrons. The van der Waals surface area contributed by atoms with Crippen molar-refractivity contribution in [3.05, 3.63) is 47.9 Å². The lowest BCUT2D eigenvalue weighted by atomic mass is 10.1.